The molecule has 0 atom stereocenters. The number of nitrogens with zero attached hydrogens (tertiary/aromatic N) is 1. The zero-order chi connectivity index (χ0) is 10.8. The van der Waals surface area contributed by atoms with E-state index < -0.39 is 0 Å². The first-order valence-corrected chi connectivity index (χ1v) is 5.34. The molecule has 78 valence electrons. The molecule has 5 heteroatoms. The van der Waals surface area contributed by atoms with Gasteiger partial charge in [-0.1, -0.05) is 5.16 Å². The van der Waals surface area contributed by atoms with Crippen molar-refractivity contribution in [3.63, 3.8) is 0 Å². The van der Waals surface area contributed by atoms with Crippen LogP contribution >= 0.6 is 27.5 Å². The van der Waals surface area contributed by atoms with Crippen LogP contribution in [0, 0.1) is 0 Å². The van der Waals surface area contributed by atoms with Crippen LogP contribution in [0.3, 0.4) is 0 Å². The van der Waals surface area contributed by atoms with E-state index in [2.05, 4.69) is 21.1 Å². The third-order valence-corrected chi connectivity index (χ3v) is 2.77. The van der Waals surface area contributed by atoms with Crippen LogP contribution in [0.4, 0.5) is 0 Å². The minimum atomic E-state index is 0.271. The number of halogens is 2. The summed E-state index contributed by atoms with van der Waals surface area (Å²) in [5.41, 5.74) is 1.60. The molecule has 0 N–H and O–H groups in total. The fraction of sp³-hybridized carbons (Fsp3) is 0.100. The van der Waals surface area contributed by atoms with Gasteiger partial charge < -0.3 is 9.26 Å². The summed E-state index contributed by atoms with van der Waals surface area (Å²) in [4.78, 5) is 0. The molecule has 0 aliphatic rings. The molecule has 0 aliphatic carbocycles. The summed E-state index contributed by atoms with van der Waals surface area (Å²) in [6, 6.07) is 7.26. The van der Waals surface area contributed by atoms with Crippen molar-refractivity contribution in [1.82, 2.24) is 5.16 Å². The third-order valence-electron chi connectivity index (χ3n) is 1.93. The zero-order valence-corrected chi connectivity index (χ0v) is 10.2. The second-order valence-corrected chi connectivity index (χ2v) is 4.09. The van der Waals surface area contributed by atoms with Crippen molar-refractivity contribution in [3.05, 3.63) is 34.0 Å². The molecular weight excluding hydrogens is 281 g/mol. The van der Waals surface area contributed by atoms with Crippen LogP contribution in [0.2, 0.25) is 5.22 Å². The number of ether oxygens (including phenoxy) is 1. The Kier molecular flexibility index (Phi) is 2.98. The van der Waals surface area contributed by atoms with Crippen LogP contribution in [0.25, 0.3) is 11.3 Å². The van der Waals surface area contributed by atoms with Crippen LogP contribution in [-0.2, 0) is 0 Å². The second kappa shape index (κ2) is 4.24. The first-order chi connectivity index (χ1) is 7.20. The highest BCUT2D eigenvalue weighted by molar-refractivity contribution is 9.10. The maximum Gasteiger partial charge on any atom is 0.226 e. The number of hydrogen-bond donors (Lipinski definition) is 0. The van der Waals surface area contributed by atoms with Gasteiger partial charge in [0.1, 0.15) is 11.4 Å². The highest BCUT2D eigenvalue weighted by atomic mass is 79.9. The summed E-state index contributed by atoms with van der Waals surface area (Å²) in [5, 5.41) is 4.10. The lowest BCUT2D eigenvalue weighted by molar-refractivity contribution is 0.414. The fourth-order valence-electron chi connectivity index (χ4n) is 1.21. The van der Waals surface area contributed by atoms with E-state index in [0.29, 0.717) is 5.69 Å². The van der Waals surface area contributed by atoms with Crippen molar-refractivity contribution in [2.24, 2.45) is 0 Å². The topological polar surface area (TPSA) is 35.3 Å². The maximum atomic E-state index is 5.65. The summed E-state index contributed by atoms with van der Waals surface area (Å²) in [6.45, 7) is 0. The zero-order valence-electron chi connectivity index (χ0n) is 7.83. The predicted molar refractivity (Wildman–Crippen MR) is 61.2 cm³/mol. The third kappa shape index (κ3) is 2.16. The Morgan fingerprint density at radius 1 is 1.40 bits per heavy atom. The van der Waals surface area contributed by atoms with Crippen LogP contribution in [0.5, 0.6) is 5.75 Å². The predicted octanol–water partition coefficient (Wildman–Crippen LogP) is 3.77. The Morgan fingerprint density at radius 2 is 2.20 bits per heavy atom. The molecule has 0 spiro atoms. The monoisotopic (exact) mass is 287 g/mol. The summed E-state index contributed by atoms with van der Waals surface area (Å²) in [5.74, 6) is 0.778. The van der Waals surface area contributed by atoms with Gasteiger partial charge in [-0.2, -0.15) is 0 Å². The number of aromatic nitrogens is 1. The van der Waals surface area contributed by atoms with E-state index in [9.17, 15) is 0 Å². The van der Waals surface area contributed by atoms with Gasteiger partial charge >= 0.3 is 0 Å². The van der Waals surface area contributed by atoms with Gasteiger partial charge in [-0.05, 0) is 45.7 Å². The highest BCUT2D eigenvalue weighted by Gasteiger charge is 2.09. The van der Waals surface area contributed by atoms with Crippen molar-refractivity contribution < 1.29 is 9.26 Å². The van der Waals surface area contributed by atoms with Crippen molar-refractivity contribution in [2.75, 3.05) is 7.11 Å². The minimum absolute atomic E-state index is 0.271. The average Bonchev–Trinajstić information content (AvgIpc) is 2.64. The first-order valence-electron chi connectivity index (χ1n) is 4.17. The lowest BCUT2D eigenvalue weighted by atomic mass is 10.1. The van der Waals surface area contributed by atoms with Gasteiger partial charge in [-0.15, -0.1) is 0 Å². The fourth-order valence-corrected chi connectivity index (χ4v) is 1.91. The van der Waals surface area contributed by atoms with Crippen molar-refractivity contribution in [3.8, 4) is 17.0 Å². The van der Waals surface area contributed by atoms with Gasteiger partial charge in [-0.3, -0.25) is 0 Å². The lowest BCUT2D eigenvalue weighted by Gasteiger charge is -2.03. The minimum Gasteiger partial charge on any atom is -0.497 e. The van der Waals surface area contributed by atoms with E-state index in [0.717, 1.165) is 15.8 Å². The van der Waals surface area contributed by atoms with E-state index in [1.807, 2.05) is 18.2 Å². The Bertz CT molecular complexity index is 484. The van der Waals surface area contributed by atoms with Gasteiger partial charge in [0.2, 0.25) is 5.22 Å². The molecule has 0 fully saturated rings. The molecule has 0 saturated heterocycles. The molecule has 1 heterocycles. The van der Waals surface area contributed by atoms with Crippen molar-refractivity contribution in [2.45, 2.75) is 0 Å². The molecule has 0 radical (unpaired) electrons. The van der Waals surface area contributed by atoms with E-state index in [4.69, 9.17) is 20.9 Å². The Hall–Kier alpha value is -1.00. The van der Waals surface area contributed by atoms with Gasteiger partial charge in [-0.25, -0.2) is 0 Å². The molecule has 0 bridgehead atoms. The first kappa shape index (κ1) is 10.5. The van der Waals surface area contributed by atoms with Crippen LogP contribution in [0.15, 0.2) is 33.3 Å². The lowest BCUT2D eigenvalue weighted by Crippen LogP contribution is -1.84. The Morgan fingerprint density at radius 3 is 2.73 bits per heavy atom. The van der Waals surface area contributed by atoms with Crippen LogP contribution in [0.1, 0.15) is 0 Å². The van der Waals surface area contributed by atoms with Gasteiger partial charge in [0.25, 0.3) is 0 Å². The summed E-state index contributed by atoms with van der Waals surface area (Å²) in [6.07, 6.45) is 0. The normalized spacial score (nSPS) is 10.3. The van der Waals surface area contributed by atoms with E-state index in [1.165, 1.54) is 0 Å². The molecule has 0 amide bonds. The van der Waals surface area contributed by atoms with Crippen molar-refractivity contribution >= 4 is 27.5 Å². The molecule has 1 aromatic carbocycles. The molecular formula is C10H7BrClNO2. The molecule has 15 heavy (non-hydrogen) atoms. The maximum absolute atomic E-state index is 5.65. The number of rotatable bonds is 2. The van der Waals surface area contributed by atoms with Crippen LogP contribution in [-0.4, -0.2) is 12.3 Å². The molecule has 0 saturated carbocycles. The molecule has 0 unspecified atom stereocenters. The summed E-state index contributed by atoms with van der Waals surface area (Å²) < 4.78 is 10.8. The summed E-state index contributed by atoms with van der Waals surface area (Å²) in [7, 11) is 1.62. The molecule has 3 nitrogen and oxygen atoms in total. The van der Waals surface area contributed by atoms with Crippen molar-refractivity contribution in [1.29, 1.82) is 0 Å². The second-order valence-electron chi connectivity index (χ2n) is 2.86. The molecule has 2 rings (SSSR count). The van der Waals surface area contributed by atoms with E-state index >= 15 is 0 Å². The Labute approximate surface area is 100 Å². The molecule has 2 aromatic rings. The van der Waals surface area contributed by atoms with Crippen LogP contribution < -0.4 is 4.74 Å². The van der Waals surface area contributed by atoms with Gasteiger partial charge in [0, 0.05) is 16.1 Å². The average molecular weight is 289 g/mol. The van der Waals surface area contributed by atoms with Gasteiger partial charge in [0.15, 0.2) is 0 Å². The van der Waals surface area contributed by atoms with Gasteiger partial charge in [0.05, 0.1) is 7.11 Å². The number of hydrogen-bond acceptors (Lipinski definition) is 3. The molecule has 0 aliphatic heterocycles. The van der Waals surface area contributed by atoms with E-state index in [-0.39, 0.29) is 5.22 Å². The molecule has 1 aromatic heterocycles. The smallest absolute Gasteiger partial charge is 0.226 e. The SMILES string of the molecule is COc1ccc(-c2cc(Cl)on2)c(Br)c1. The standard InChI is InChI=1S/C10H7BrClNO2/c1-14-6-2-3-7(8(11)4-6)9-5-10(12)15-13-9/h2-5H,1H3. The number of benzene rings is 1. The Balaban J connectivity index is 2.45. The quantitative estimate of drug-likeness (QED) is 0.844. The highest BCUT2D eigenvalue weighted by Crippen LogP contribution is 2.31. The largest absolute Gasteiger partial charge is 0.497 e. The summed E-state index contributed by atoms with van der Waals surface area (Å²) >= 11 is 9.08. The number of methoxy groups -OCH3 is 1. The van der Waals surface area contributed by atoms with E-state index in [1.54, 1.807) is 13.2 Å².